The monoisotopic (exact) mass is 311 g/mol. The molecule has 106 valence electrons. The molecule has 2 rings (SSSR count). The third kappa shape index (κ3) is 4.11. The molecule has 0 spiro atoms. The fraction of sp³-hybridized carbons (Fsp3) is 0.143. The van der Waals surface area contributed by atoms with Crippen LogP contribution in [0.3, 0.4) is 0 Å². The second-order valence-corrected chi connectivity index (χ2v) is 4.15. The molecule has 0 atom stereocenters. The first-order chi connectivity index (χ1) is 9.20. The number of hydrogen-bond acceptors (Lipinski definition) is 3. The minimum absolute atomic E-state index is 0. The molecule has 0 bridgehead atoms. The molecule has 0 radical (unpaired) electrons. The summed E-state index contributed by atoms with van der Waals surface area (Å²) in [6.45, 7) is 2.50. The molecule has 1 aromatic carbocycles. The van der Waals surface area contributed by atoms with Gasteiger partial charge in [0.15, 0.2) is 5.82 Å². The maximum Gasteiger partial charge on any atom is 0.256 e. The van der Waals surface area contributed by atoms with Crippen LogP contribution in [-0.4, -0.2) is 17.5 Å². The van der Waals surface area contributed by atoms with Gasteiger partial charge in [0, 0.05) is 11.8 Å². The molecule has 0 unspecified atom stereocenters. The van der Waals surface area contributed by atoms with Gasteiger partial charge in [-0.1, -0.05) is 11.6 Å². The zero-order valence-electron chi connectivity index (χ0n) is 10.8. The van der Waals surface area contributed by atoms with Crippen molar-refractivity contribution in [2.75, 3.05) is 11.9 Å². The number of carbonyl (C=O) groups is 1. The summed E-state index contributed by atoms with van der Waals surface area (Å²) < 4.78 is 5.31. The summed E-state index contributed by atoms with van der Waals surface area (Å²) in [5.74, 6) is 0.821. The summed E-state index contributed by atoms with van der Waals surface area (Å²) in [4.78, 5) is 16.0. The normalized spacial score (nSPS) is 9.50. The van der Waals surface area contributed by atoms with Crippen molar-refractivity contribution in [1.29, 1.82) is 0 Å². The SMILES string of the molecule is CCOc1ccc(C(=O)Nc2ncccc2Cl)cc1.[Cl-]. The smallest absolute Gasteiger partial charge is 0.256 e. The molecule has 0 aliphatic carbocycles. The van der Waals surface area contributed by atoms with E-state index in [9.17, 15) is 4.79 Å². The minimum atomic E-state index is -0.261. The van der Waals surface area contributed by atoms with E-state index in [2.05, 4.69) is 10.3 Å². The number of amides is 1. The summed E-state index contributed by atoms with van der Waals surface area (Å²) in [6, 6.07) is 10.3. The van der Waals surface area contributed by atoms with Gasteiger partial charge in [-0.05, 0) is 43.3 Å². The molecule has 0 saturated heterocycles. The molecule has 1 N–H and O–H groups in total. The average Bonchev–Trinajstić information content (AvgIpc) is 2.42. The van der Waals surface area contributed by atoms with Crippen LogP contribution in [0.2, 0.25) is 5.02 Å². The molecule has 2 aromatic rings. The Bertz CT molecular complexity index is 574. The highest BCUT2D eigenvalue weighted by atomic mass is 35.5. The van der Waals surface area contributed by atoms with E-state index >= 15 is 0 Å². The molecular formula is C14H13Cl2N2O2-. The number of hydrogen-bond donors (Lipinski definition) is 1. The molecule has 1 aromatic heterocycles. The molecule has 1 heterocycles. The molecule has 0 aliphatic heterocycles. The second-order valence-electron chi connectivity index (χ2n) is 3.75. The number of carbonyl (C=O) groups excluding carboxylic acids is 1. The van der Waals surface area contributed by atoms with E-state index in [4.69, 9.17) is 16.3 Å². The third-order valence-corrected chi connectivity index (χ3v) is 2.72. The van der Waals surface area contributed by atoms with Crippen molar-refractivity contribution in [3.05, 3.63) is 53.2 Å². The Kier molecular flexibility index (Phi) is 6.28. The Hall–Kier alpha value is -1.78. The van der Waals surface area contributed by atoms with E-state index in [0.29, 0.717) is 23.0 Å². The van der Waals surface area contributed by atoms with Gasteiger partial charge >= 0.3 is 0 Å². The van der Waals surface area contributed by atoms with Gasteiger partial charge in [0.25, 0.3) is 5.91 Å². The molecule has 6 heteroatoms. The molecule has 1 amide bonds. The van der Waals surface area contributed by atoms with Crippen molar-refractivity contribution < 1.29 is 21.9 Å². The number of aromatic nitrogens is 1. The number of anilines is 1. The van der Waals surface area contributed by atoms with Crippen molar-refractivity contribution in [3.63, 3.8) is 0 Å². The first-order valence-electron chi connectivity index (χ1n) is 5.85. The van der Waals surface area contributed by atoms with Crippen LogP contribution in [0.15, 0.2) is 42.6 Å². The highest BCUT2D eigenvalue weighted by molar-refractivity contribution is 6.33. The van der Waals surface area contributed by atoms with Crippen LogP contribution in [0.4, 0.5) is 5.82 Å². The zero-order chi connectivity index (χ0) is 13.7. The lowest BCUT2D eigenvalue weighted by molar-refractivity contribution is -0.0000121. The Labute approximate surface area is 128 Å². The number of ether oxygens (including phenoxy) is 1. The third-order valence-electron chi connectivity index (χ3n) is 2.42. The predicted molar refractivity (Wildman–Crippen MR) is 74.8 cm³/mol. The molecule has 4 nitrogen and oxygen atoms in total. The number of nitrogens with one attached hydrogen (secondary N) is 1. The highest BCUT2D eigenvalue weighted by Gasteiger charge is 2.09. The Morgan fingerprint density at radius 2 is 2.00 bits per heavy atom. The molecule has 0 saturated carbocycles. The van der Waals surface area contributed by atoms with Gasteiger partial charge in [-0.25, -0.2) is 4.98 Å². The maximum absolute atomic E-state index is 12.0. The fourth-order valence-corrected chi connectivity index (χ4v) is 1.70. The van der Waals surface area contributed by atoms with E-state index in [0.717, 1.165) is 5.75 Å². The Morgan fingerprint density at radius 3 is 2.60 bits per heavy atom. The maximum atomic E-state index is 12.0. The first kappa shape index (κ1) is 16.3. The summed E-state index contributed by atoms with van der Waals surface area (Å²) in [5, 5.41) is 3.06. The Balaban J connectivity index is 0.00000200. The van der Waals surface area contributed by atoms with Crippen LogP contribution in [0.1, 0.15) is 17.3 Å². The summed E-state index contributed by atoms with van der Waals surface area (Å²) in [7, 11) is 0. The lowest BCUT2D eigenvalue weighted by Crippen LogP contribution is -3.00. The number of pyridine rings is 1. The first-order valence-corrected chi connectivity index (χ1v) is 6.23. The number of benzene rings is 1. The van der Waals surface area contributed by atoms with Gasteiger partial charge in [0.05, 0.1) is 11.6 Å². The number of nitrogens with zero attached hydrogens (tertiary/aromatic N) is 1. The van der Waals surface area contributed by atoms with Crippen LogP contribution in [0, 0.1) is 0 Å². The molecule has 0 fully saturated rings. The lowest BCUT2D eigenvalue weighted by Gasteiger charge is -2.07. The Morgan fingerprint density at radius 1 is 1.30 bits per heavy atom. The minimum Gasteiger partial charge on any atom is -1.00 e. The number of rotatable bonds is 4. The van der Waals surface area contributed by atoms with E-state index in [-0.39, 0.29) is 18.3 Å². The van der Waals surface area contributed by atoms with Gasteiger partial charge in [0.1, 0.15) is 5.75 Å². The fourth-order valence-electron chi connectivity index (χ4n) is 1.53. The summed E-state index contributed by atoms with van der Waals surface area (Å²) >= 11 is 5.93. The second kappa shape index (κ2) is 7.72. The van der Waals surface area contributed by atoms with E-state index < -0.39 is 0 Å². The highest BCUT2D eigenvalue weighted by Crippen LogP contribution is 2.19. The van der Waals surface area contributed by atoms with E-state index in [1.165, 1.54) is 0 Å². The van der Waals surface area contributed by atoms with Crippen molar-refractivity contribution in [1.82, 2.24) is 4.98 Å². The molecule has 0 aliphatic rings. The molecule has 20 heavy (non-hydrogen) atoms. The quantitative estimate of drug-likeness (QED) is 0.889. The van der Waals surface area contributed by atoms with Crippen LogP contribution >= 0.6 is 11.6 Å². The summed E-state index contributed by atoms with van der Waals surface area (Å²) in [5.41, 5.74) is 0.519. The van der Waals surface area contributed by atoms with Crippen LogP contribution in [0.5, 0.6) is 5.75 Å². The van der Waals surface area contributed by atoms with Crippen molar-refractivity contribution >= 4 is 23.3 Å². The van der Waals surface area contributed by atoms with Crippen LogP contribution in [0.25, 0.3) is 0 Å². The van der Waals surface area contributed by atoms with Gasteiger partial charge in [-0.2, -0.15) is 0 Å². The van der Waals surface area contributed by atoms with Gasteiger partial charge in [0.2, 0.25) is 0 Å². The van der Waals surface area contributed by atoms with Crippen molar-refractivity contribution in [2.24, 2.45) is 0 Å². The lowest BCUT2D eigenvalue weighted by atomic mass is 10.2. The summed E-state index contributed by atoms with van der Waals surface area (Å²) in [6.07, 6.45) is 1.57. The standard InChI is InChI=1S/C14H13ClN2O2.ClH/c1-2-19-11-7-5-10(6-8-11)14(18)17-13-12(15)4-3-9-16-13;/h3-9H,2H2,1H3,(H,16,17,18);1H/p-1. The van der Waals surface area contributed by atoms with Gasteiger partial charge in [-0.15, -0.1) is 0 Å². The average molecular weight is 312 g/mol. The number of halogens is 2. The predicted octanol–water partition coefficient (Wildman–Crippen LogP) is 0.390. The van der Waals surface area contributed by atoms with E-state index in [1.807, 2.05) is 6.92 Å². The largest absolute Gasteiger partial charge is 1.00 e. The zero-order valence-corrected chi connectivity index (χ0v) is 12.3. The topological polar surface area (TPSA) is 51.2 Å². The molecular weight excluding hydrogens is 299 g/mol. The van der Waals surface area contributed by atoms with Crippen LogP contribution < -0.4 is 22.5 Å². The van der Waals surface area contributed by atoms with Crippen molar-refractivity contribution in [3.8, 4) is 5.75 Å². The van der Waals surface area contributed by atoms with Crippen molar-refractivity contribution in [2.45, 2.75) is 6.92 Å². The van der Waals surface area contributed by atoms with E-state index in [1.54, 1.807) is 42.6 Å². The van der Waals surface area contributed by atoms with Gasteiger partial charge < -0.3 is 22.5 Å². The van der Waals surface area contributed by atoms with Gasteiger partial charge in [-0.3, -0.25) is 4.79 Å². The van der Waals surface area contributed by atoms with Crippen LogP contribution in [-0.2, 0) is 0 Å².